The predicted octanol–water partition coefficient (Wildman–Crippen LogP) is 18.3. The average Bonchev–Trinajstić information content (AvgIpc) is 3.34. The van der Waals surface area contributed by atoms with Gasteiger partial charge in [0.25, 0.3) is 7.82 Å². The average molecular weight is 1040 g/mol. The topological polar surface area (TPSA) is 114 Å². The Kier molecular flexibility index (Phi) is 51.8. The van der Waals surface area contributed by atoms with Gasteiger partial charge in [-0.05, 0) is 57.4 Å². The second kappa shape index (κ2) is 52.9. The molecule has 0 heterocycles. The fourth-order valence-electron chi connectivity index (χ4n) is 9.28. The molecule has 0 rings (SSSR count). The van der Waals surface area contributed by atoms with Crippen LogP contribution in [0.1, 0.15) is 310 Å². The first kappa shape index (κ1) is 70.5. The number of phosphoric ester groups is 1. The molecule has 426 valence electrons. The number of nitrogens with one attached hydrogen (secondary N) is 1. The lowest BCUT2D eigenvalue weighted by atomic mass is 10.0. The van der Waals surface area contributed by atoms with Gasteiger partial charge in [0.2, 0.25) is 5.91 Å². The summed E-state index contributed by atoms with van der Waals surface area (Å²) in [5.41, 5.74) is 0. The largest absolute Gasteiger partial charge is 0.756 e. The number of phosphoric acid groups is 1. The van der Waals surface area contributed by atoms with E-state index in [1.165, 1.54) is 212 Å². The summed E-state index contributed by atoms with van der Waals surface area (Å²) in [6.45, 7) is 6.88. The van der Waals surface area contributed by atoms with Gasteiger partial charge in [0.15, 0.2) is 0 Å². The third-order valence-electron chi connectivity index (χ3n) is 14.1. The summed E-state index contributed by atoms with van der Waals surface area (Å²) in [7, 11) is 1.20. The van der Waals surface area contributed by atoms with Gasteiger partial charge in [-0.25, -0.2) is 0 Å². The molecule has 0 bridgehead atoms. The Labute approximate surface area is 447 Å². The Bertz CT molecular complexity index is 1290. The number of carbonyl (C=O) groups is 2. The minimum Gasteiger partial charge on any atom is -0.756 e. The van der Waals surface area contributed by atoms with Crippen LogP contribution in [0.4, 0.5) is 0 Å². The summed E-state index contributed by atoms with van der Waals surface area (Å²) in [5.74, 6) is -0.529. The molecule has 1 amide bonds. The van der Waals surface area contributed by atoms with Gasteiger partial charge in [0.05, 0.1) is 33.8 Å². The normalized spacial score (nSPS) is 13.8. The molecule has 0 aliphatic carbocycles. The summed E-state index contributed by atoms with van der Waals surface area (Å²) in [5, 5.41) is 3.03. The fraction of sp³-hybridized carbons (Fsp3) is 0.903. The lowest BCUT2D eigenvalue weighted by Gasteiger charge is -2.30. The molecule has 1 N–H and O–H groups in total. The highest BCUT2D eigenvalue weighted by atomic mass is 31.2. The maximum Gasteiger partial charge on any atom is 0.306 e. The number of allylic oxidation sites excluding steroid dienone is 3. The van der Waals surface area contributed by atoms with E-state index < -0.39 is 20.0 Å². The van der Waals surface area contributed by atoms with Crippen LogP contribution in [0.2, 0.25) is 0 Å². The molecule has 0 aromatic carbocycles. The van der Waals surface area contributed by atoms with E-state index in [0.29, 0.717) is 17.4 Å². The van der Waals surface area contributed by atoms with Crippen molar-refractivity contribution >= 4 is 19.7 Å². The Morgan fingerprint density at radius 3 is 1.18 bits per heavy atom. The van der Waals surface area contributed by atoms with Gasteiger partial charge in [-0.1, -0.05) is 264 Å². The van der Waals surface area contributed by atoms with Crippen molar-refractivity contribution in [3.63, 3.8) is 0 Å². The smallest absolute Gasteiger partial charge is 0.306 e. The zero-order valence-corrected chi connectivity index (χ0v) is 49.6. The van der Waals surface area contributed by atoms with Crippen molar-refractivity contribution in [1.82, 2.24) is 5.32 Å². The van der Waals surface area contributed by atoms with Gasteiger partial charge in [-0.15, -0.1) is 0 Å². The number of amides is 1. The van der Waals surface area contributed by atoms with Gasteiger partial charge in [0, 0.05) is 12.8 Å². The van der Waals surface area contributed by atoms with Crippen LogP contribution in [0.15, 0.2) is 24.3 Å². The van der Waals surface area contributed by atoms with Crippen molar-refractivity contribution in [3.05, 3.63) is 24.3 Å². The number of rotatable bonds is 57. The molecular formula is C62H121N2O7P. The molecule has 0 saturated carbocycles. The molecule has 9 nitrogen and oxygen atoms in total. The third-order valence-corrected chi connectivity index (χ3v) is 15.1. The summed E-state index contributed by atoms with van der Waals surface area (Å²) < 4.78 is 30.3. The van der Waals surface area contributed by atoms with Crippen molar-refractivity contribution < 1.29 is 37.3 Å². The zero-order valence-electron chi connectivity index (χ0n) is 48.7. The van der Waals surface area contributed by atoms with Crippen LogP contribution in [0.5, 0.6) is 0 Å². The van der Waals surface area contributed by atoms with Gasteiger partial charge >= 0.3 is 5.97 Å². The molecule has 0 aliphatic heterocycles. The van der Waals surface area contributed by atoms with Crippen LogP contribution in [0.25, 0.3) is 0 Å². The standard InChI is InChI=1S/C62H121N2O7P/c1-7-10-13-16-19-22-25-28-30-32-34-37-40-43-46-49-52-55-62(66)71-60(53-50-47-44-41-38-35-27-24-21-18-15-12-9-3)59(58-70-72(67,68)69-57-56-64(4,5)6)63-61(65)54-51-48-45-42-39-36-33-31-29-26-23-20-17-14-11-8-2/h28,30,50,53,59-60H,7-27,29,31-49,51-52,54-58H2,1-6H3,(H-,63,65,67,68)/b30-28+,53-50+. The number of unbranched alkanes of at least 4 members (excludes halogenated alkanes) is 39. The van der Waals surface area contributed by atoms with E-state index in [9.17, 15) is 19.0 Å². The summed E-state index contributed by atoms with van der Waals surface area (Å²) >= 11 is 0. The number of ether oxygens (including phenoxy) is 1. The monoisotopic (exact) mass is 1040 g/mol. The van der Waals surface area contributed by atoms with Crippen LogP contribution in [-0.4, -0.2) is 69.4 Å². The van der Waals surface area contributed by atoms with Crippen LogP contribution in [0, 0.1) is 0 Å². The molecule has 0 fully saturated rings. The molecule has 0 aromatic rings. The number of carbonyl (C=O) groups excluding carboxylic acids is 2. The van der Waals surface area contributed by atoms with E-state index in [4.69, 9.17) is 13.8 Å². The van der Waals surface area contributed by atoms with E-state index in [1.54, 1.807) is 0 Å². The fourth-order valence-corrected chi connectivity index (χ4v) is 10.0. The number of hydrogen-bond acceptors (Lipinski definition) is 7. The summed E-state index contributed by atoms with van der Waals surface area (Å²) in [4.78, 5) is 40.0. The molecule has 0 aromatic heterocycles. The van der Waals surface area contributed by atoms with Crippen molar-refractivity contribution in [2.45, 2.75) is 322 Å². The Morgan fingerprint density at radius 2 is 0.806 bits per heavy atom. The molecule has 0 radical (unpaired) electrons. The van der Waals surface area contributed by atoms with E-state index in [0.717, 1.165) is 64.2 Å². The molecule has 72 heavy (non-hydrogen) atoms. The minimum atomic E-state index is -4.69. The number of hydrogen-bond donors (Lipinski definition) is 1. The second-order valence-electron chi connectivity index (χ2n) is 22.6. The molecule has 0 aliphatic rings. The SMILES string of the molecule is CCCCCCCC/C=C/CCCCCCCCCC(=O)OC(/C=C/CCCCCCCCCCCCC)C(COP(=O)([O-])OCC[N+](C)(C)C)NC(=O)CCCCCCCCCCCCCCCCCC. The summed E-state index contributed by atoms with van der Waals surface area (Å²) in [6.07, 6.45) is 61.3. The van der Waals surface area contributed by atoms with Gasteiger partial charge in [-0.3, -0.25) is 14.2 Å². The Morgan fingerprint density at radius 1 is 0.472 bits per heavy atom. The summed E-state index contributed by atoms with van der Waals surface area (Å²) in [6, 6.07) is -0.884. The van der Waals surface area contributed by atoms with Gasteiger partial charge < -0.3 is 28.5 Å². The first-order valence-electron chi connectivity index (χ1n) is 31.1. The Hall–Kier alpha value is -1.51. The zero-order chi connectivity index (χ0) is 52.9. The molecule has 0 saturated heterocycles. The highest BCUT2D eigenvalue weighted by Crippen LogP contribution is 2.38. The minimum absolute atomic E-state index is 0.0193. The van der Waals surface area contributed by atoms with E-state index in [2.05, 4.69) is 38.2 Å². The highest BCUT2D eigenvalue weighted by Gasteiger charge is 2.27. The van der Waals surface area contributed by atoms with Crippen molar-refractivity contribution in [3.8, 4) is 0 Å². The molecule has 3 unspecified atom stereocenters. The number of likely N-dealkylation sites (N-methyl/N-ethyl adjacent to an activating group) is 1. The lowest BCUT2D eigenvalue weighted by molar-refractivity contribution is -0.870. The van der Waals surface area contributed by atoms with Crippen LogP contribution in [0.3, 0.4) is 0 Å². The molecule has 10 heteroatoms. The third kappa shape index (κ3) is 53.3. The maximum absolute atomic E-state index is 13.5. The highest BCUT2D eigenvalue weighted by molar-refractivity contribution is 7.45. The first-order chi connectivity index (χ1) is 34.9. The van der Waals surface area contributed by atoms with Gasteiger partial charge in [0.1, 0.15) is 19.3 Å². The van der Waals surface area contributed by atoms with Gasteiger partial charge in [-0.2, -0.15) is 0 Å². The molecular weight excluding hydrogens is 916 g/mol. The number of nitrogens with zero attached hydrogens (tertiary/aromatic N) is 1. The van der Waals surface area contributed by atoms with E-state index in [-0.39, 0.29) is 31.5 Å². The number of esters is 1. The molecule has 3 atom stereocenters. The van der Waals surface area contributed by atoms with E-state index >= 15 is 0 Å². The van der Waals surface area contributed by atoms with Crippen molar-refractivity contribution in [2.24, 2.45) is 0 Å². The predicted molar refractivity (Wildman–Crippen MR) is 307 cm³/mol. The Balaban J connectivity index is 5.28. The van der Waals surface area contributed by atoms with E-state index in [1.807, 2.05) is 33.3 Å². The van der Waals surface area contributed by atoms with Crippen LogP contribution >= 0.6 is 7.82 Å². The molecule has 0 spiro atoms. The lowest BCUT2D eigenvalue weighted by Crippen LogP contribution is -2.47. The van der Waals surface area contributed by atoms with Crippen molar-refractivity contribution in [2.75, 3.05) is 40.9 Å². The van der Waals surface area contributed by atoms with Crippen molar-refractivity contribution in [1.29, 1.82) is 0 Å². The maximum atomic E-state index is 13.5. The quantitative estimate of drug-likeness (QED) is 0.0212. The number of quaternary nitrogens is 1. The van der Waals surface area contributed by atoms with Crippen LogP contribution in [-0.2, 0) is 27.9 Å². The second-order valence-corrected chi connectivity index (χ2v) is 24.0. The van der Waals surface area contributed by atoms with Crippen LogP contribution < -0.4 is 10.2 Å². The first-order valence-corrected chi connectivity index (χ1v) is 32.6.